The molecule has 0 unspecified atom stereocenters. The normalized spacial score (nSPS) is 11.6. The van der Waals surface area contributed by atoms with Gasteiger partial charge in [0.25, 0.3) is 0 Å². The molecule has 18 aromatic rings. The average Bonchev–Trinajstić information content (AvgIpc) is 0.745. The highest BCUT2D eigenvalue weighted by atomic mass is 14.3. The predicted molar refractivity (Wildman–Crippen MR) is 464 cm³/mol. The zero-order valence-corrected chi connectivity index (χ0v) is 63.3. The fourth-order valence-electron chi connectivity index (χ4n) is 15.6. The van der Waals surface area contributed by atoms with Crippen molar-refractivity contribution < 1.29 is 0 Å². The first-order chi connectivity index (χ1) is 51.3. The van der Waals surface area contributed by atoms with E-state index in [1.807, 2.05) is 0 Å². The highest BCUT2D eigenvalue weighted by Gasteiger charge is 2.23. The van der Waals surface area contributed by atoms with Crippen LogP contribution in [0.2, 0.25) is 0 Å². The first-order valence-electron chi connectivity index (χ1n) is 37.5. The van der Waals surface area contributed by atoms with E-state index in [-0.39, 0.29) is 10.8 Å². The molecule has 0 amide bonds. The van der Waals surface area contributed by atoms with Crippen LogP contribution in [-0.4, -0.2) is 0 Å². The molecule has 0 N–H and O–H groups in total. The number of benzene rings is 18. The molecular formula is C106H92. The van der Waals surface area contributed by atoms with Crippen molar-refractivity contribution in [2.45, 2.75) is 93.9 Å². The van der Waals surface area contributed by atoms with E-state index in [4.69, 9.17) is 0 Å². The van der Waals surface area contributed by atoms with Gasteiger partial charge in [0.15, 0.2) is 0 Å². The molecule has 106 heavy (non-hydrogen) atoms. The van der Waals surface area contributed by atoms with Crippen LogP contribution in [-0.2, 0) is 10.8 Å². The number of hydrogen-bond donors (Lipinski definition) is 0. The molecule has 0 bridgehead atoms. The van der Waals surface area contributed by atoms with Crippen molar-refractivity contribution >= 4 is 86.2 Å². The van der Waals surface area contributed by atoms with Gasteiger partial charge in [-0.2, -0.15) is 0 Å². The maximum absolute atomic E-state index is 2.42. The van der Waals surface area contributed by atoms with Crippen molar-refractivity contribution in [3.05, 3.63) is 384 Å². The highest BCUT2D eigenvalue weighted by Crippen LogP contribution is 2.48. The van der Waals surface area contributed by atoms with Crippen molar-refractivity contribution in [2.75, 3.05) is 0 Å². The monoisotopic (exact) mass is 1360 g/mol. The Balaban J connectivity index is 0.000000114. The summed E-state index contributed by atoms with van der Waals surface area (Å²) in [6.07, 6.45) is 0. The smallest absolute Gasteiger partial charge is 0.00263 e. The average molecular weight is 1370 g/mol. The molecule has 0 aliphatic rings. The van der Waals surface area contributed by atoms with Gasteiger partial charge in [-0.15, -0.1) is 0 Å². The van der Waals surface area contributed by atoms with Crippen LogP contribution >= 0.6 is 0 Å². The third-order valence-electron chi connectivity index (χ3n) is 21.3. The number of aryl methyl sites for hydroxylation is 6. The van der Waals surface area contributed by atoms with Crippen LogP contribution in [0, 0.1) is 41.5 Å². The first kappa shape index (κ1) is 69.7. The molecule has 0 atom stereocenters. The van der Waals surface area contributed by atoms with Crippen molar-refractivity contribution in [2.24, 2.45) is 0 Å². The largest absolute Gasteiger partial charge is 0.0622 e. The molecule has 516 valence electrons. The van der Waals surface area contributed by atoms with Crippen LogP contribution < -0.4 is 0 Å². The van der Waals surface area contributed by atoms with Gasteiger partial charge in [0, 0.05) is 0 Å². The lowest BCUT2D eigenvalue weighted by Crippen LogP contribution is -2.10. The SMILES string of the molecule is Cc1ccc(-c2c3ccccc3c(-c3ccccc3)c3ccc(C(C)(C)C)cc23)cc1.Cc1ccc(-c2c3ccccc3c(-c3ccccc3)c3ccc(C)cc23)cc1.Cc1ccc(-c2c3ccccc3cc3ccc(C(C)(C)C)cc23)cc1.Cc1ccc(-c2c3ccccc3cc3ccc(C)cc23)cc1. The van der Waals surface area contributed by atoms with E-state index in [0.717, 1.165) is 0 Å². The van der Waals surface area contributed by atoms with E-state index in [1.165, 1.54) is 197 Å². The van der Waals surface area contributed by atoms with Crippen molar-refractivity contribution in [3.63, 3.8) is 0 Å². The Hall–Kier alpha value is -12.0. The molecule has 18 rings (SSSR count). The Morgan fingerprint density at radius 1 is 0.151 bits per heavy atom. The molecule has 0 nitrogen and oxygen atoms in total. The summed E-state index contributed by atoms with van der Waals surface area (Å²) in [5.74, 6) is 0. The maximum atomic E-state index is 2.42. The molecule has 0 aliphatic carbocycles. The molecule has 0 saturated heterocycles. The summed E-state index contributed by atoms with van der Waals surface area (Å²) < 4.78 is 0. The van der Waals surface area contributed by atoms with Gasteiger partial charge < -0.3 is 0 Å². The molecule has 0 aliphatic heterocycles. The third-order valence-corrected chi connectivity index (χ3v) is 21.3. The van der Waals surface area contributed by atoms with Gasteiger partial charge in [-0.05, 0) is 241 Å². The Bertz CT molecular complexity index is 6260. The molecule has 0 fully saturated rings. The van der Waals surface area contributed by atoms with Gasteiger partial charge in [-0.25, -0.2) is 0 Å². The third kappa shape index (κ3) is 14.2. The Morgan fingerprint density at radius 3 is 0.755 bits per heavy atom. The second-order valence-corrected chi connectivity index (χ2v) is 31.2. The fourth-order valence-corrected chi connectivity index (χ4v) is 15.6. The summed E-state index contributed by atoms with van der Waals surface area (Å²) in [6, 6.07) is 124. The van der Waals surface area contributed by atoms with Crippen molar-refractivity contribution in [1.29, 1.82) is 0 Å². The molecular weight excluding hydrogens is 1270 g/mol. The minimum atomic E-state index is 0.0945. The summed E-state index contributed by atoms with van der Waals surface area (Å²) in [7, 11) is 0. The molecule has 0 heterocycles. The van der Waals surface area contributed by atoms with E-state index in [1.54, 1.807) is 0 Å². The number of rotatable bonds is 6. The van der Waals surface area contributed by atoms with E-state index < -0.39 is 0 Å². The lowest BCUT2D eigenvalue weighted by molar-refractivity contribution is 0.591. The van der Waals surface area contributed by atoms with Crippen molar-refractivity contribution in [3.8, 4) is 66.8 Å². The topological polar surface area (TPSA) is 0 Å². The maximum Gasteiger partial charge on any atom is -0.00263 e. The fraction of sp³-hybridized carbons (Fsp3) is 0.132. The van der Waals surface area contributed by atoms with Crippen LogP contribution in [0.3, 0.4) is 0 Å². The lowest BCUT2D eigenvalue weighted by Gasteiger charge is -2.23. The van der Waals surface area contributed by atoms with Crippen LogP contribution in [0.25, 0.3) is 153 Å². The zero-order chi connectivity index (χ0) is 73.4. The lowest BCUT2D eigenvalue weighted by atomic mass is 9.81. The van der Waals surface area contributed by atoms with Gasteiger partial charge >= 0.3 is 0 Å². The summed E-state index contributed by atoms with van der Waals surface area (Å²) in [5, 5.41) is 21.0. The van der Waals surface area contributed by atoms with Crippen LogP contribution in [0.15, 0.2) is 340 Å². The Kier molecular flexibility index (Phi) is 19.3. The quantitative estimate of drug-likeness (QED) is 0.146. The van der Waals surface area contributed by atoms with E-state index >= 15 is 0 Å². The number of hydrogen-bond acceptors (Lipinski definition) is 0. The van der Waals surface area contributed by atoms with Gasteiger partial charge in [-0.3, -0.25) is 0 Å². The molecule has 18 aromatic carbocycles. The number of fused-ring (bicyclic) bond motifs is 8. The van der Waals surface area contributed by atoms with E-state index in [0.29, 0.717) is 0 Å². The van der Waals surface area contributed by atoms with Gasteiger partial charge in [0.1, 0.15) is 0 Å². The first-order valence-corrected chi connectivity index (χ1v) is 37.5. The molecule has 0 radical (unpaired) electrons. The Labute approximate surface area is 627 Å². The van der Waals surface area contributed by atoms with E-state index in [2.05, 4.69) is 423 Å². The second kappa shape index (κ2) is 29.3. The molecule has 0 saturated carbocycles. The van der Waals surface area contributed by atoms with Crippen molar-refractivity contribution in [1.82, 2.24) is 0 Å². The molecule has 0 heteroatoms. The summed E-state index contributed by atoms with van der Waals surface area (Å²) in [5.41, 5.74) is 26.4. The standard InChI is InChI=1S/C31H28.C28H22.C25H24.C22H18/c1-21-14-16-23(17-15-21)30-26-13-9-8-12-25(26)29(22-10-6-5-7-11-22)27-19-18-24(20-28(27)30)31(2,3)4;1-19-12-15-22(16-13-19)28-24-11-7-6-10-23(24)27(21-8-4-3-5-9-21)25-17-14-20(2)18-26(25)28;1-17-9-11-18(12-10-17)24-22-8-6-5-7-19(22)15-20-13-14-21(16-23(20)24)25(2,3)4;1-15-7-10-17(11-8-15)22-20-6-4-3-5-18(20)14-19-12-9-16(2)13-21(19)22/h5-20H,1-4H3;3-18H,1-2H3;5-16H,1-4H3;3-14H,1-2H3. The van der Waals surface area contributed by atoms with Gasteiger partial charge in [-0.1, -0.05) is 390 Å². The van der Waals surface area contributed by atoms with Gasteiger partial charge in [0.05, 0.1) is 0 Å². The van der Waals surface area contributed by atoms with Crippen LogP contribution in [0.4, 0.5) is 0 Å². The summed E-state index contributed by atoms with van der Waals surface area (Å²) in [6.45, 7) is 26.6. The van der Waals surface area contributed by atoms with Gasteiger partial charge in [0.2, 0.25) is 0 Å². The molecule has 0 aromatic heterocycles. The zero-order valence-electron chi connectivity index (χ0n) is 63.3. The summed E-state index contributed by atoms with van der Waals surface area (Å²) >= 11 is 0. The second-order valence-electron chi connectivity index (χ2n) is 31.2. The van der Waals surface area contributed by atoms with E-state index in [9.17, 15) is 0 Å². The Morgan fingerprint density at radius 2 is 0.377 bits per heavy atom. The summed E-state index contributed by atoms with van der Waals surface area (Å²) in [4.78, 5) is 0. The minimum Gasteiger partial charge on any atom is -0.0622 e. The highest BCUT2D eigenvalue weighted by molar-refractivity contribution is 6.23. The molecule has 0 spiro atoms. The predicted octanol–water partition coefficient (Wildman–Crippen LogP) is 30.4. The minimum absolute atomic E-state index is 0.0945. The van der Waals surface area contributed by atoms with Crippen LogP contribution in [0.5, 0.6) is 0 Å². The van der Waals surface area contributed by atoms with Crippen LogP contribution in [0.1, 0.15) is 86.1 Å².